The Kier molecular flexibility index (Phi) is 7.66. The number of rotatable bonds is 8. The molecule has 0 aliphatic carbocycles. The number of carbonyl (C=O) groups excluding carboxylic acids is 2. The van der Waals surface area contributed by atoms with E-state index in [-0.39, 0.29) is 26.2 Å². The van der Waals surface area contributed by atoms with Gasteiger partial charge in [0, 0.05) is 26.2 Å². The van der Waals surface area contributed by atoms with Crippen LogP contribution in [0, 0.1) is 0 Å². The Morgan fingerprint density at radius 1 is 1.14 bits per heavy atom. The molecule has 0 aromatic rings. The van der Waals surface area contributed by atoms with Crippen LogP contribution in [0.25, 0.3) is 0 Å². The summed E-state index contributed by atoms with van der Waals surface area (Å²) in [6.45, 7) is 0.00620. The number of piperazine rings is 1. The van der Waals surface area contributed by atoms with E-state index in [0.29, 0.717) is 4.90 Å². The standard InChI is InChI=1S/C13H16F6N2O7S/c1-8(14)9(22)28-12(13(17,18)19,10(23)21-5-3-20-4-6-21)27-7-2-11(15,16)29(24,25)26/h20H,1-7H2,(H,24,25,26). The van der Waals surface area contributed by atoms with Crippen molar-refractivity contribution in [2.45, 2.75) is 23.6 Å². The fraction of sp³-hybridized carbons (Fsp3) is 0.692. The highest BCUT2D eigenvalue weighted by atomic mass is 32.2. The molecule has 0 radical (unpaired) electrons. The maximum atomic E-state index is 13.7. The molecule has 0 aromatic carbocycles. The highest BCUT2D eigenvalue weighted by Crippen LogP contribution is 2.38. The minimum Gasteiger partial charge on any atom is -0.410 e. The van der Waals surface area contributed by atoms with Crippen molar-refractivity contribution in [3.63, 3.8) is 0 Å². The third-order valence-electron chi connectivity index (χ3n) is 3.59. The smallest absolute Gasteiger partial charge is 0.410 e. The van der Waals surface area contributed by atoms with Gasteiger partial charge in [-0.25, -0.2) is 4.79 Å². The molecule has 2 N–H and O–H groups in total. The van der Waals surface area contributed by atoms with Gasteiger partial charge in [0.2, 0.25) is 5.83 Å². The lowest BCUT2D eigenvalue weighted by molar-refractivity contribution is -0.351. The summed E-state index contributed by atoms with van der Waals surface area (Å²) in [6.07, 6.45) is -7.92. The van der Waals surface area contributed by atoms with Crippen LogP contribution in [0.1, 0.15) is 6.42 Å². The third kappa shape index (κ3) is 5.80. The summed E-state index contributed by atoms with van der Waals surface area (Å²) in [7, 11) is -6.01. The summed E-state index contributed by atoms with van der Waals surface area (Å²) in [4.78, 5) is 24.3. The monoisotopic (exact) mass is 458 g/mol. The third-order valence-corrected chi connectivity index (χ3v) is 4.55. The Morgan fingerprint density at radius 3 is 2.07 bits per heavy atom. The van der Waals surface area contributed by atoms with Crippen LogP contribution in [0.3, 0.4) is 0 Å². The predicted octanol–water partition coefficient (Wildman–Crippen LogP) is 0.590. The minimum absolute atomic E-state index is 0.0320. The molecule has 1 unspecified atom stereocenters. The predicted molar refractivity (Wildman–Crippen MR) is 81.6 cm³/mol. The number of amides is 1. The summed E-state index contributed by atoms with van der Waals surface area (Å²) in [6, 6.07) is 0. The van der Waals surface area contributed by atoms with Crippen LogP contribution in [0.5, 0.6) is 0 Å². The molecule has 1 aliphatic rings. The fourth-order valence-electron chi connectivity index (χ4n) is 2.10. The van der Waals surface area contributed by atoms with Gasteiger partial charge in [0.05, 0.1) is 13.0 Å². The molecule has 1 aliphatic heterocycles. The number of hydrogen-bond acceptors (Lipinski definition) is 7. The van der Waals surface area contributed by atoms with E-state index in [0.717, 1.165) is 0 Å². The molecule has 9 nitrogen and oxygen atoms in total. The van der Waals surface area contributed by atoms with E-state index in [1.54, 1.807) is 0 Å². The highest BCUT2D eigenvalue weighted by Gasteiger charge is 2.68. The van der Waals surface area contributed by atoms with Gasteiger partial charge in [-0.3, -0.25) is 9.35 Å². The number of nitrogens with zero attached hydrogens (tertiary/aromatic N) is 1. The van der Waals surface area contributed by atoms with Gasteiger partial charge in [-0.1, -0.05) is 6.58 Å². The van der Waals surface area contributed by atoms with Crippen molar-refractivity contribution < 1.29 is 58.4 Å². The maximum absolute atomic E-state index is 13.7. The van der Waals surface area contributed by atoms with Gasteiger partial charge < -0.3 is 19.7 Å². The Morgan fingerprint density at radius 2 is 1.66 bits per heavy atom. The zero-order valence-electron chi connectivity index (χ0n) is 14.5. The molecular weight excluding hydrogens is 442 g/mol. The first-order valence-electron chi connectivity index (χ1n) is 7.68. The van der Waals surface area contributed by atoms with Gasteiger partial charge in [0.1, 0.15) is 0 Å². The van der Waals surface area contributed by atoms with Crippen molar-refractivity contribution in [3.8, 4) is 0 Å². The van der Waals surface area contributed by atoms with Gasteiger partial charge >= 0.3 is 39.2 Å². The number of ether oxygens (including phenoxy) is 2. The first-order valence-corrected chi connectivity index (χ1v) is 9.12. The lowest BCUT2D eigenvalue weighted by atomic mass is 10.2. The molecule has 168 valence electrons. The molecule has 1 fully saturated rings. The average Bonchev–Trinajstić information content (AvgIpc) is 2.58. The Labute approximate surface area is 160 Å². The normalized spacial score (nSPS) is 18.1. The van der Waals surface area contributed by atoms with E-state index in [9.17, 15) is 44.3 Å². The number of hydrogen-bond donors (Lipinski definition) is 2. The molecule has 0 aromatic heterocycles. The van der Waals surface area contributed by atoms with Crippen molar-refractivity contribution in [2.75, 3.05) is 32.8 Å². The lowest BCUT2D eigenvalue weighted by Crippen LogP contribution is -2.64. The topological polar surface area (TPSA) is 122 Å². The second-order valence-corrected chi connectivity index (χ2v) is 7.21. The maximum Gasteiger partial charge on any atom is 0.466 e. The van der Waals surface area contributed by atoms with E-state index in [1.165, 1.54) is 0 Å². The molecule has 0 bridgehead atoms. The van der Waals surface area contributed by atoms with E-state index in [4.69, 9.17) is 4.55 Å². The number of nitrogens with one attached hydrogen (secondary N) is 1. The van der Waals surface area contributed by atoms with E-state index in [2.05, 4.69) is 21.4 Å². The number of esters is 1. The second-order valence-electron chi connectivity index (χ2n) is 5.66. The van der Waals surface area contributed by atoms with E-state index < -0.39 is 58.1 Å². The number of alkyl halides is 5. The van der Waals surface area contributed by atoms with Crippen LogP contribution in [0.4, 0.5) is 26.3 Å². The number of halogens is 6. The van der Waals surface area contributed by atoms with Crippen molar-refractivity contribution in [1.82, 2.24) is 10.2 Å². The summed E-state index contributed by atoms with van der Waals surface area (Å²) < 4.78 is 118. The Bertz CT molecular complexity index is 751. The summed E-state index contributed by atoms with van der Waals surface area (Å²) in [5.74, 6) is -11.0. The zero-order valence-corrected chi connectivity index (χ0v) is 15.3. The Hall–Kier alpha value is -1.91. The quantitative estimate of drug-likeness (QED) is 0.178. The van der Waals surface area contributed by atoms with E-state index >= 15 is 0 Å². The van der Waals surface area contributed by atoms with Crippen LogP contribution in [-0.2, 0) is 29.2 Å². The van der Waals surface area contributed by atoms with Gasteiger partial charge in [-0.15, -0.1) is 0 Å². The second kappa shape index (κ2) is 8.85. The van der Waals surface area contributed by atoms with Crippen LogP contribution in [0.2, 0.25) is 0 Å². The molecular formula is C13H16F6N2O7S. The first-order chi connectivity index (χ1) is 13.1. The van der Waals surface area contributed by atoms with Crippen molar-refractivity contribution >= 4 is 22.0 Å². The molecule has 0 spiro atoms. The molecule has 1 heterocycles. The van der Waals surface area contributed by atoms with Crippen LogP contribution < -0.4 is 5.32 Å². The van der Waals surface area contributed by atoms with Crippen molar-refractivity contribution in [2.24, 2.45) is 0 Å². The Balaban J connectivity index is 3.27. The fourth-order valence-corrected chi connectivity index (χ4v) is 2.44. The van der Waals surface area contributed by atoms with Gasteiger partial charge in [-0.2, -0.15) is 34.8 Å². The molecule has 1 atom stereocenters. The molecule has 1 saturated heterocycles. The van der Waals surface area contributed by atoms with Crippen LogP contribution >= 0.6 is 0 Å². The van der Waals surface area contributed by atoms with Crippen LogP contribution in [0.15, 0.2) is 12.4 Å². The number of carbonyl (C=O) groups is 2. The van der Waals surface area contributed by atoms with Gasteiger partial charge in [0.25, 0.3) is 0 Å². The molecule has 16 heteroatoms. The van der Waals surface area contributed by atoms with Crippen LogP contribution in [-0.4, -0.2) is 79.8 Å². The average molecular weight is 458 g/mol. The van der Waals surface area contributed by atoms with Gasteiger partial charge in [0.15, 0.2) is 0 Å². The zero-order chi connectivity index (χ0) is 22.7. The lowest BCUT2D eigenvalue weighted by Gasteiger charge is -2.38. The van der Waals surface area contributed by atoms with Gasteiger partial charge in [-0.05, 0) is 0 Å². The van der Waals surface area contributed by atoms with Crippen molar-refractivity contribution in [1.29, 1.82) is 0 Å². The van der Waals surface area contributed by atoms with Crippen molar-refractivity contribution in [3.05, 3.63) is 12.4 Å². The molecule has 1 rings (SSSR count). The molecule has 0 saturated carbocycles. The largest absolute Gasteiger partial charge is 0.466 e. The summed E-state index contributed by atoms with van der Waals surface area (Å²) in [5, 5.41) is -2.23. The highest BCUT2D eigenvalue weighted by molar-refractivity contribution is 7.86. The SMILES string of the molecule is C=C(F)C(=O)OC(OCCC(F)(F)S(=O)(=O)O)(C(=O)N1CCNCC1)C(F)(F)F. The summed E-state index contributed by atoms with van der Waals surface area (Å²) in [5.41, 5.74) is 0. The molecule has 29 heavy (non-hydrogen) atoms. The van der Waals surface area contributed by atoms with E-state index in [1.807, 2.05) is 0 Å². The summed E-state index contributed by atoms with van der Waals surface area (Å²) >= 11 is 0. The first kappa shape index (κ1) is 25.1. The molecule has 1 amide bonds. The minimum atomic E-state index is -6.01.